The second kappa shape index (κ2) is 9.75. The van der Waals surface area contributed by atoms with Crippen molar-refractivity contribution in [2.24, 2.45) is 0 Å². The van der Waals surface area contributed by atoms with Gasteiger partial charge in [0.15, 0.2) is 16.6 Å². The Labute approximate surface area is 192 Å². The number of fused-ring (bicyclic) bond motifs is 2. The van der Waals surface area contributed by atoms with E-state index in [0.29, 0.717) is 36.2 Å². The van der Waals surface area contributed by atoms with Crippen LogP contribution in [0.1, 0.15) is 30.6 Å². The maximum absolute atomic E-state index is 13.5. The lowest BCUT2D eigenvalue weighted by molar-refractivity contribution is 0.0986. The third-order valence-corrected chi connectivity index (χ3v) is 6.02. The lowest BCUT2D eigenvalue weighted by Crippen LogP contribution is -2.33. The second-order valence-corrected chi connectivity index (χ2v) is 9.27. The molecule has 0 radical (unpaired) electrons. The first-order valence-electron chi connectivity index (χ1n) is 10.8. The van der Waals surface area contributed by atoms with Crippen LogP contribution in [-0.4, -0.2) is 62.3 Å². The number of aromatic nitrogens is 1. The zero-order valence-corrected chi connectivity index (χ0v) is 19.8. The average molecular weight is 456 g/mol. The topological polar surface area (TPSA) is 64.1 Å². The van der Waals surface area contributed by atoms with Crippen LogP contribution in [0.2, 0.25) is 0 Å². The summed E-state index contributed by atoms with van der Waals surface area (Å²) in [5, 5.41) is 0.675. The largest absolute Gasteiger partial charge is 0.491 e. The summed E-state index contributed by atoms with van der Waals surface area (Å²) >= 11 is 1.49. The molecule has 0 atom stereocenters. The summed E-state index contributed by atoms with van der Waals surface area (Å²) in [7, 11) is 4.06. The summed E-state index contributed by atoms with van der Waals surface area (Å²) in [4.78, 5) is 22.1. The van der Waals surface area contributed by atoms with Crippen LogP contribution in [0, 0.1) is 0 Å². The lowest BCUT2D eigenvalue weighted by Gasteiger charge is -2.21. The number of ether oxygens (including phenoxy) is 3. The van der Waals surface area contributed by atoms with Gasteiger partial charge in [-0.25, -0.2) is 4.98 Å². The van der Waals surface area contributed by atoms with E-state index in [9.17, 15) is 4.79 Å². The molecule has 3 aromatic rings. The summed E-state index contributed by atoms with van der Waals surface area (Å²) < 4.78 is 18.1. The number of thiazole rings is 1. The number of benzene rings is 2. The van der Waals surface area contributed by atoms with Gasteiger partial charge in [0.2, 0.25) is 0 Å². The standard InChI is InChI=1S/C24H29N3O4S/c1-16(2)31-18-8-6-17(7-9-18)23(28)27(11-5-10-26(3)4)24-25-19-14-20-21(15-22(19)32-24)30-13-12-29-20/h6-9,14-16H,5,10-13H2,1-4H3. The summed E-state index contributed by atoms with van der Waals surface area (Å²) in [6, 6.07) is 11.1. The van der Waals surface area contributed by atoms with Crippen molar-refractivity contribution in [3.63, 3.8) is 0 Å². The van der Waals surface area contributed by atoms with Gasteiger partial charge in [-0.15, -0.1) is 0 Å². The van der Waals surface area contributed by atoms with E-state index in [0.717, 1.165) is 34.7 Å². The van der Waals surface area contributed by atoms with Crippen LogP contribution in [0.15, 0.2) is 36.4 Å². The number of rotatable bonds is 8. The smallest absolute Gasteiger partial charge is 0.260 e. The quantitative estimate of drug-likeness (QED) is 0.500. The molecule has 0 aliphatic carbocycles. The maximum Gasteiger partial charge on any atom is 0.260 e. The van der Waals surface area contributed by atoms with Crippen molar-refractivity contribution in [3.05, 3.63) is 42.0 Å². The Bertz CT molecular complexity index is 1040. The van der Waals surface area contributed by atoms with Gasteiger partial charge in [0.05, 0.1) is 16.3 Å². The molecule has 0 spiro atoms. The Morgan fingerprint density at radius 1 is 1.09 bits per heavy atom. The fourth-order valence-electron chi connectivity index (χ4n) is 3.50. The van der Waals surface area contributed by atoms with Crippen molar-refractivity contribution in [3.8, 4) is 17.2 Å². The van der Waals surface area contributed by atoms with Crippen molar-refractivity contribution in [2.75, 3.05) is 45.3 Å². The van der Waals surface area contributed by atoms with E-state index >= 15 is 0 Å². The molecule has 0 saturated carbocycles. The van der Waals surface area contributed by atoms with E-state index in [1.54, 1.807) is 4.90 Å². The molecule has 1 aliphatic rings. The van der Waals surface area contributed by atoms with Crippen LogP contribution in [0.25, 0.3) is 10.2 Å². The Balaban J connectivity index is 1.63. The first-order chi connectivity index (χ1) is 15.4. The van der Waals surface area contributed by atoms with Crippen molar-refractivity contribution in [1.82, 2.24) is 9.88 Å². The number of carbonyl (C=O) groups excluding carboxylic acids is 1. The molecule has 7 nitrogen and oxygen atoms in total. The molecule has 0 bridgehead atoms. The monoisotopic (exact) mass is 455 g/mol. The van der Waals surface area contributed by atoms with Crippen LogP contribution in [0.3, 0.4) is 0 Å². The summed E-state index contributed by atoms with van der Waals surface area (Å²) in [5.41, 5.74) is 1.41. The van der Waals surface area contributed by atoms with Crippen LogP contribution < -0.4 is 19.1 Å². The highest BCUT2D eigenvalue weighted by atomic mass is 32.1. The van der Waals surface area contributed by atoms with E-state index in [1.165, 1.54) is 11.3 Å². The number of anilines is 1. The van der Waals surface area contributed by atoms with E-state index < -0.39 is 0 Å². The van der Waals surface area contributed by atoms with E-state index in [2.05, 4.69) is 4.90 Å². The van der Waals surface area contributed by atoms with Gasteiger partial charge in [-0.05, 0) is 65.2 Å². The molecular formula is C24H29N3O4S. The van der Waals surface area contributed by atoms with Gasteiger partial charge in [-0.2, -0.15) is 0 Å². The molecule has 0 saturated heterocycles. The summed E-state index contributed by atoms with van der Waals surface area (Å²) in [6.07, 6.45) is 0.923. The second-order valence-electron chi connectivity index (χ2n) is 8.26. The molecule has 1 aromatic heterocycles. The van der Waals surface area contributed by atoms with Crippen molar-refractivity contribution in [2.45, 2.75) is 26.4 Å². The summed E-state index contributed by atoms with van der Waals surface area (Å²) in [6.45, 7) is 6.48. The molecule has 0 N–H and O–H groups in total. The van der Waals surface area contributed by atoms with Crippen LogP contribution >= 0.6 is 11.3 Å². The molecule has 1 aliphatic heterocycles. The van der Waals surface area contributed by atoms with Crippen molar-refractivity contribution in [1.29, 1.82) is 0 Å². The number of hydrogen-bond acceptors (Lipinski definition) is 7. The zero-order valence-electron chi connectivity index (χ0n) is 19.0. The SMILES string of the molecule is CC(C)Oc1ccc(C(=O)N(CCCN(C)C)c2nc3cc4c(cc3s2)OCCO4)cc1. The Hall–Kier alpha value is -2.84. The van der Waals surface area contributed by atoms with Gasteiger partial charge in [0, 0.05) is 24.2 Å². The number of hydrogen-bond donors (Lipinski definition) is 0. The zero-order chi connectivity index (χ0) is 22.7. The highest BCUT2D eigenvalue weighted by Gasteiger charge is 2.23. The molecule has 0 unspecified atom stereocenters. The van der Waals surface area contributed by atoms with Gasteiger partial charge in [0.25, 0.3) is 5.91 Å². The Morgan fingerprint density at radius 2 is 1.78 bits per heavy atom. The maximum atomic E-state index is 13.5. The van der Waals surface area contributed by atoms with Gasteiger partial charge in [-0.1, -0.05) is 11.3 Å². The molecular weight excluding hydrogens is 426 g/mol. The lowest BCUT2D eigenvalue weighted by atomic mass is 10.2. The molecule has 32 heavy (non-hydrogen) atoms. The molecule has 8 heteroatoms. The van der Waals surface area contributed by atoms with E-state index in [1.807, 2.05) is 64.3 Å². The molecule has 2 heterocycles. The van der Waals surface area contributed by atoms with Crippen LogP contribution in [0.4, 0.5) is 5.13 Å². The number of carbonyl (C=O) groups is 1. The minimum absolute atomic E-state index is 0.0730. The first-order valence-corrected chi connectivity index (χ1v) is 11.7. The van der Waals surface area contributed by atoms with Crippen molar-refractivity contribution < 1.29 is 19.0 Å². The average Bonchev–Trinajstić information content (AvgIpc) is 3.17. The fourth-order valence-corrected chi connectivity index (χ4v) is 4.50. The number of amides is 1. The predicted molar refractivity (Wildman–Crippen MR) is 128 cm³/mol. The fraction of sp³-hybridized carbons (Fsp3) is 0.417. The van der Waals surface area contributed by atoms with Gasteiger partial charge >= 0.3 is 0 Å². The minimum atomic E-state index is -0.0730. The normalized spacial score (nSPS) is 13.1. The molecule has 1 amide bonds. The van der Waals surface area contributed by atoms with E-state index in [4.69, 9.17) is 19.2 Å². The third kappa shape index (κ3) is 5.14. The minimum Gasteiger partial charge on any atom is -0.491 e. The highest BCUT2D eigenvalue weighted by molar-refractivity contribution is 7.22. The highest BCUT2D eigenvalue weighted by Crippen LogP contribution is 2.39. The molecule has 2 aromatic carbocycles. The van der Waals surface area contributed by atoms with Crippen LogP contribution in [0.5, 0.6) is 17.2 Å². The summed E-state index contributed by atoms with van der Waals surface area (Å²) in [5.74, 6) is 2.11. The molecule has 170 valence electrons. The van der Waals surface area contributed by atoms with E-state index in [-0.39, 0.29) is 12.0 Å². The third-order valence-electron chi connectivity index (χ3n) is 4.98. The number of nitrogens with zero attached hydrogens (tertiary/aromatic N) is 3. The first kappa shape index (κ1) is 22.4. The Morgan fingerprint density at radius 3 is 2.44 bits per heavy atom. The van der Waals surface area contributed by atoms with Crippen LogP contribution in [-0.2, 0) is 0 Å². The molecule has 0 fully saturated rings. The van der Waals surface area contributed by atoms with Crippen molar-refractivity contribution >= 4 is 32.6 Å². The van der Waals surface area contributed by atoms with Gasteiger partial charge < -0.3 is 19.1 Å². The van der Waals surface area contributed by atoms with Gasteiger partial charge in [0.1, 0.15) is 19.0 Å². The Kier molecular flexibility index (Phi) is 6.81. The van der Waals surface area contributed by atoms with Gasteiger partial charge in [-0.3, -0.25) is 9.69 Å². The predicted octanol–water partition coefficient (Wildman–Crippen LogP) is 4.45. The molecule has 4 rings (SSSR count).